The van der Waals surface area contributed by atoms with Gasteiger partial charge in [0.2, 0.25) is 0 Å². The van der Waals surface area contributed by atoms with Crippen molar-refractivity contribution in [2.75, 3.05) is 6.54 Å². The molecule has 0 spiro atoms. The van der Waals surface area contributed by atoms with Gasteiger partial charge in [-0.1, -0.05) is 24.3 Å². The second-order valence-electron chi connectivity index (χ2n) is 4.76. The Balaban J connectivity index is 1.98. The van der Waals surface area contributed by atoms with E-state index in [1.807, 2.05) is 24.3 Å². The van der Waals surface area contributed by atoms with Gasteiger partial charge < -0.3 is 10.1 Å². The molecule has 2 N–H and O–H groups in total. The number of fused-ring (bicyclic) bond motifs is 1. The predicted octanol–water partition coefficient (Wildman–Crippen LogP) is 1.04. The number of hydrogen-bond donors (Lipinski definition) is 2. The molecular formula is C13H15N3O3S. The lowest BCUT2D eigenvalue weighted by molar-refractivity contribution is 0.164. The van der Waals surface area contributed by atoms with Gasteiger partial charge in [-0.2, -0.15) is 4.31 Å². The van der Waals surface area contributed by atoms with Crippen LogP contribution in [0, 0.1) is 0 Å². The van der Waals surface area contributed by atoms with Crippen LogP contribution in [0.2, 0.25) is 0 Å². The van der Waals surface area contributed by atoms with Crippen molar-refractivity contribution in [3.05, 3.63) is 47.9 Å². The number of imidazole rings is 1. The molecule has 0 saturated carbocycles. The minimum Gasteiger partial charge on any atom is -0.388 e. The maximum absolute atomic E-state index is 12.5. The Hall–Kier alpha value is -1.70. The first-order valence-electron chi connectivity index (χ1n) is 6.33. The minimum absolute atomic E-state index is 0.0753. The Morgan fingerprint density at radius 2 is 2.15 bits per heavy atom. The zero-order chi connectivity index (χ0) is 14.2. The van der Waals surface area contributed by atoms with E-state index in [0.29, 0.717) is 6.42 Å². The maximum Gasteiger partial charge on any atom is 0.260 e. The zero-order valence-corrected chi connectivity index (χ0v) is 11.5. The van der Waals surface area contributed by atoms with Crippen LogP contribution < -0.4 is 0 Å². The van der Waals surface area contributed by atoms with E-state index in [1.165, 1.54) is 16.8 Å². The Morgan fingerprint density at radius 1 is 1.35 bits per heavy atom. The van der Waals surface area contributed by atoms with Crippen LogP contribution in [0.4, 0.5) is 0 Å². The van der Waals surface area contributed by atoms with Gasteiger partial charge in [-0.15, -0.1) is 0 Å². The summed E-state index contributed by atoms with van der Waals surface area (Å²) in [5, 5.41) is 10.2. The summed E-state index contributed by atoms with van der Waals surface area (Å²) >= 11 is 0. The third-order valence-electron chi connectivity index (χ3n) is 3.50. The lowest BCUT2D eigenvalue weighted by atomic mass is 10.0. The van der Waals surface area contributed by atoms with E-state index in [-0.39, 0.29) is 18.1 Å². The summed E-state index contributed by atoms with van der Waals surface area (Å²) in [6.45, 7) is 0.534. The highest BCUT2D eigenvalue weighted by Crippen LogP contribution is 2.28. The minimum atomic E-state index is -3.60. The summed E-state index contributed by atoms with van der Waals surface area (Å²) in [7, 11) is -3.60. The number of nitrogens with zero attached hydrogens (tertiary/aromatic N) is 2. The normalized spacial score (nSPS) is 20.4. The number of aromatic amines is 1. The van der Waals surface area contributed by atoms with Crippen molar-refractivity contribution < 1.29 is 13.5 Å². The summed E-state index contributed by atoms with van der Waals surface area (Å²) in [4.78, 5) is 6.38. The third kappa shape index (κ3) is 2.24. The van der Waals surface area contributed by atoms with Crippen LogP contribution in [-0.2, 0) is 16.6 Å². The van der Waals surface area contributed by atoms with Gasteiger partial charge in [0.1, 0.15) is 0 Å². The number of nitrogens with one attached hydrogen (secondary N) is 1. The maximum atomic E-state index is 12.5. The van der Waals surface area contributed by atoms with Gasteiger partial charge in [-0.05, 0) is 17.5 Å². The molecule has 6 nitrogen and oxygen atoms in total. The summed E-state index contributed by atoms with van der Waals surface area (Å²) in [6, 6.07) is 7.38. The lowest BCUT2D eigenvalue weighted by Gasteiger charge is -2.19. The van der Waals surface area contributed by atoms with Crippen LogP contribution in [0.25, 0.3) is 0 Å². The predicted molar refractivity (Wildman–Crippen MR) is 72.2 cm³/mol. The molecule has 1 aromatic carbocycles. The highest BCUT2D eigenvalue weighted by molar-refractivity contribution is 7.89. The van der Waals surface area contributed by atoms with Gasteiger partial charge in [-0.25, -0.2) is 13.4 Å². The standard InChI is InChI=1S/C13H15N3O3S/c17-12-5-6-16(8-10-3-1-2-4-11(10)12)20(18,19)13-7-14-9-15-13/h1-4,7,9,12,17H,5-6,8H2,(H,14,15). The lowest BCUT2D eigenvalue weighted by Crippen LogP contribution is -2.31. The fraction of sp³-hybridized carbons (Fsp3) is 0.308. The van der Waals surface area contributed by atoms with Crippen LogP contribution in [-0.4, -0.2) is 34.3 Å². The number of hydrogen-bond acceptors (Lipinski definition) is 4. The smallest absolute Gasteiger partial charge is 0.260 e. The fourth-order valence-electron chi connectivity index (χ4n) is 2.42. The average molecular weight is 293 g/mol. The first-order valence-corrected chi connectivity index (χ1v) is 7.77. The number of aliphatic hydroxyl groups is 1. The van der Waals surface area contributed by atoms with Crippen LogP contribution in [0.3, 0.4) is 0 Å². The SMILES string of the molecule is O=S(=O)(c1cnc[nH]1)N1CCC(O)c2ccccc2C1. The Labute approximate surface area is 117 Å². The molecule has 1 atom stereocenters. The summed E-state index contributed by atoms with van der Waals surface area (Å²) in [5.41, 5.74) is 1.63. The van der Waals surface area contributed by atoms with E-state index in [0.717, 1.165) is 11.1 Å². The number of aromatic nitrogens is 2. The Bertz CT molecular complexity index is 697. The van der Waals surface area contributed by atoms with E-state index >= 15 is 0 Å². The second kappa shape index (κ2) is 5.01. The molecule has 0 aliphatic carbocycles. The average Bonchev–Trinajstić information content (AvgIpc) is 2.92. The monoisotopic (exact) mass is 293 g/mol. The van der Waals surface area contributed by atoms with E-state index in [1.54, 1.807) is 0 Å². The van der Waals surface area contributed by atoms with Crippen LogP contribution in [0.5, 0.6) is 0 Å². The van der Waals surface area contributed by atoms with E-state index in [4.69, 9.17) is 0 Å². The Kier molecular flexibility index (Phi) is 3.33. The molecule has 1 aliphatic rings. The second-order valence-corrected chi connectivity index (χ2v) is 6.66. The van der Waals surface area contributed by atoms with Gasteiger partial charge in [-0.3, -0.25) is 0 Å². The summed E-state index contributed by atoms with van der Waals surface area (Å²) < 4.78 is 26.4. The number of H-pyrrole nitrogens is 1. The fourth-order valence-corrected chi connectivity index (χ4v) is 3.75. The molecule has 106 valence electrons. The van der Waals surface area contributed by atoms with Crippen molar-refractivity contribution in [1.29, 1.82) is 0 Å². The first-order chi connectivity index (χ1) is 9.59. The molecule has 0 radical (unpaired) electrons. The number of benzene rings is 1. The molecule has 2 aromatic rings. The molecule has 0 saturated heterocycles. The van der Waals surface area contributed by atoms with Gasteiger partial charge in [0.05, 0.1) is 18.6 Å². The first kappa shape index (κ1) is 13.3. The van der Waals surface area contributed by atoms with Crippen molar-refractivity contribution in [3.63, 3.8) is 0 Å². The molecule has 1 unspecified atom stereocenters. The molecule has 0 bridgehead atoms. The van der Waals surface area contributed by atoms with Crippen LogP contribution >= 0.6 is 0 Å². The zero-order valence-electron chi connectivity index (χ0n) is 10.7. The molecule has 20 heavy (non-hydrogen) atoms. The molecule has 0 fully saturated rings. The molecule has 1 aromatic heterocycles. The molecule has 1 aliphatic heterocycles. The van der Waals surface area contributed by atoms with Crippen molar-refractivity contribution in [2.24, 2.45) is 0 Å². The number of rotatable bonds is 2. The number of sulfonamides is 1. The highest BCUT2D eigenvalue weighted by Gasteiger charge is 2.30. The molecule has 7 heteroatoms. The van der Waals surface area contributed by atoms with E-state index in [9.17, 15) is 13.5 Å². The summed E-state index contributed by atoms with van der Waals surface area (Å²) in [5.74, 6) is 0. The van der Waals surface area contributed by atoms with Crippen LogP contribution in [0.15, 0.2) is 41.8 Å². The van der Waals surface area contributed by atoms with Crippen LogP contribution in [0.1, 0.15) is 23.7 Å². The highest BCUT2D eigenvalue weighted by atomic mass is 32.2. The molecule has 3 rings (SSSR count). The topological polar surface area (TPSA) is 86.3 Å². The largest absolute Gasteiger partial charge is 0.388 e. The summed E-state index contributed by atoms with van der Waals surface area (Å²) in [6.07, 6.45) is 2.38. The van der Waals surface area contributed by atoms with Gasteiger partial charge >= 0.3 is 0 Å². The van der Waals surface area contributed by atoms with Gasteiger partial charge in [0.15, 0.2) is 5.03 Å². The molecule has 0 amide bonds. The molecular weight excluding hydrogens is 278 g/mol. The van der Waals surface area contributed by atoms with Crippen molar-refractivity contribution >= 4 is 10.0 Å². The van der Waals surface area contributed by atoms with Gasteiger partial charge in [0, 0.05) is 13.1 Å². The Morgan fingerprint density at radius 3 is 2.90 bits per heavy atom. The number of aliphatic hydroxyl groups excluding tert-OH is 1. The van der Waals surface area contributed by atoms with E-state index < -0.39 is 16.1 Å². The molecule has 2 heterocycles. The third-order valence-corrected chi connectivity index (χ3v) is 5.27. The van der Waals surface area contributed by atoms with Crippen molar-refractivity contribution in [1.82, 2.24) is 14.3 Å². The van der Waals surface area contributed by atoms with Crippen molar-refractivity contribution in [3.8, 4) is 0 Å². The van der Waals surface area contributed by atoms with Crippen molar-refractivity contribution in [2.45, 2.75) is 24.1 Å². The van der Waals surface area contributed by atoms with Gasteiger partial charge in [0.25, 0.3) is 10.0 Å². The van der Waals surface area contributed by atoms with E-state index in [2.05, 4.69) is 9.97 Å². The quantitative estimate of drug-likeness (QED) is 0.866.